The lowest BCUT2D eigenvalue weighted by molar-refractivity contribution is 0.0951. The number of amides is 1. The molecule has 0 spiro atoms. The van der Waals surface area contributed by atoms with E-state index in [9.17, 15) is 13.2 Å². The number of benzene rings is 3. The Kier molecular flexibility index (Phi) is 5.86. The van der Waals surface area contributed by atoms with Crippen molar-refractivity contribution in [3.63, 3.8) is 0 Å². The van der Waals surface area contributed by atoms with Gasteiger partial charge in [-0.1, -0.05) is 48.5 Å². The predicted octanol–water partition coefficient (Wildman–Crippen LogP) is 3.56. The predicted molar refractivity (Wildman–Crippen MR) is 121 cm³/mol. The van der Waals surface area contributed by atoms with E-state index in [1.807, 2.05) is 36.7 Å². The van der Waals surface area contributed by atoms with Crippen LogP contribution in [0.4, 0.5) is 0 Å². The molecule has 0 bridgehead atoms. The van der Waals surface area contributed by atoms with Crippen molar-refractivity contribution in [3.05, 3.63) is 101 Å². The van der Waals surface area contributed by atoms with Gasteiger partial charge in [0.2, 0.25) is 0 Å². The van der Waals surface area contributed by atoms with Crippen molar-refractivity contribution in [3.8, 4) is 0 Å². The lowest BCUT2D eigenvalue weighted by atomic mass is 10.1. The van der Waals surface area contributed by atoms with Crippen LogP contribution in [0.1, 0.15) is 27.0 Å². The van der Waals surface area contributed by atoms with Crippen molar-refractivity contribution >= 4 is 26.8 Å². The van der Waals surface area contributed by atoms with Crippen LogP contribution in [0, 0.1) is 0 Å². The van der Waals surface area contributed by atoms with Gasteiger partial charge in [-0.2, -0.15) is 0 Å². The number of rotatable bonds is 7. The quantitative estimate of drug-likeness (QED) is 0.483. The number of carbonyl (C=O) groups is 1. The maximum atomic E-state index is 12.4. The molecule has 6 nitrogen and oxygen atoms in total. The van der Waals surface area contributed by atoms with E-state index in [-0.39, 0.29) is 11.7 Å². The number of carbonyl (C=O) groups excluding carboxylic acids is 1. The number of para-hydroxylation sites is 2. The zero-order valence-corrected chi connectivity index (χ0v) is 18.0. The molecule has 4 rings (SSSR count). The summed E-state index contributed by atoms with van der Waals surface area (Å²) in [5.74, 6) is -0.226. The van der Waals surface area contributed by atoms with Gasteiger partial charge in [-0.05, 0) is 41.0 Å². The fourth-order valence-corrected chi connectivity index (χ4v) is 4.23. The van der Waals surface area contributed by atoms with E-state index in [1.165, 1.54) is 6.26 Å². The maximum absolute atomic E-state index is 12.4. The Morgan fingerprint density at radius 3 is 2.26 bits per heavy atom. The molecule has 1 amide bonds. The first-order valence-corrected chi connectivity index (χ1v) is 12.0. The third-order valence-electron chi connectivity index (χ3n) is 5.00. The summed E-state index contributed by atoms with van der Waals surface area (Å²) in [7, 11) is -3.09. The highest BCUT2D eigenvalue weighted by Crippen LogP contribution is 2.15. The van der Waals surface area contributed by atoms with E-state index in [0.29, 0.717) is 17.7 Å². The minimum absolute atomic E-state index is 0.0316. The Balaban J connectivity index is 1.34. The highest BCUT2D eigenvalue weighted by Gasteiger charge is 2.08. The van der Waals surface area contributed by atoms with E-state index >= 15 is 0 Å². The van der Waals surface area contributed by atoms with E-state index in [1.54, 1.807) is 24.3 Å². The van der Waals surface area contributed by atoms with Gasteiger partial charge in [0.1, 0.15) is 0 Å². The van der Waals surface area contributed by atoms with Crippen LogP contribution in [0.2, 0.25) is 0 Å². The van der Waals surface area contributed by atoms with Gasteiger partial charge in [0.05, 0.1) is 23.1 Å². The molecule has 0 aliphatic carbocycles. The monoisotopic (exact) mass is 433 g/mol. The van der Waals surface area contributed by atoms with Crippen LogP contribution in [-0.4, -0.2) is 30.1 Å². The van der Waals surface area contributed by atoms with Gasteiger partial charge in [0, 0.05) is 24.9 Å². The largest absolute Gasteiger partial charge is 0.348 e. The highest BCUT2D eigenvalue weighted by atomic mass is 32.2. The number of nitrogens with one attached hydrogen (secondary N) is 1. The van der Waals surface area contributed by atoms with E-state index in [2.05, 4.69) is 33.1 Å². The summed E-state index contributed by atoms with van der Waals surface area (Å²) in [5.41, 5.74) is 5.40. The van der Waals surface area contributed by atoms with Crippen LogP contribution in [-0.2, 0) is 28.7 Å². The van der Waals surface area contributed by atoms with Crippen molar-refractivity contribution < 1.29 is 13.2 Å². The van der Waals surface area contributed by atoms with Gasteiger partial charge in [0.25, 0.3) is 5.91 Å². The van der Waals surface area contributed by atoms with E-state index in [4.69, 9.17) is 0 Å². The molecular weight excluding hydrogens is 410 g/mol. The second-order valence-electron chi connectivity index (χ2n) is 7.63. The van der Waals surface area contributed by atoms with Crippen molar-refractivity contribution in [1.29, 1.82) is 0 Å². The van der Waals surface area contributed by atoms with Gasteiger partial charge in [-0.25, -0.2) is 13.4 Å². The molecular formula is C24H23N3O3S. The molecule has 1 aromatic heterocycles. The first-order valence-electron chi connectivity index (χ1n) is 9.90. The molecule has 0 saturated heterocycles. The first-order chi connectivity index (χ1) is 14.9. The SMILES string of the molecule is CS(=O)(=O)Cc1ccc(C(=O)NCc2ccc(Cn3cnc4ccccc43)cc2)cc1. The molecule has 31 heavy (non-hydrogen) atoms. The standard InChI is InChI=1S/C24H23N3O3S/c1-31(29,30)16-20-10-12-21(13-11-20)24(28)25-14-18-6-8-19(9-7-18)15-27-17-26-22-4-2-3-5-23(22)27/h2-13,17H,14-16H2,1H3,(H,25,28). The second-order valence-corrected chi connectivity index (χ2v) is 9.77. The zero-order chi connectivity index (χ0) is 21.8. The molecule has 0 aliphatic rings. The van der Waals surface area contributed by atoms with Crippen LogP contribution >= 0.6 is 0 Å². The van der Waals surface area contributed by atoms with Crippen LogP contribution in [0.3, 0.4) is 0 Å². The fraction of sp³-hybridized carbons (Fsp3) is 0.167. The zero-order valence-electron chi connectivity index (χ0n) is 17.2. The molecule has 3 aromatic carbocycles. The van der Waals surface area contributed by atoms with Gasteiger partial charge < -0.3 is 9.88 Å². The average molecular weight is 434 g/mol. The third kappa shape index (κ3) is 5.38. The van der Waals surface area contributed by atoms with Crippen LogP contribution in [0.5, 0.6) is 0 Å². The molecule has 4 aromatic rings. The first kappa shape index (κ1) is 20.8. The fourth-order valence-electron chi connectivity index (χ4n) is 3.44. The van der Waals surface area contributed by atoms with Gasteiger partial charge in [-0.15, -0.1) is 0 Å². The molecule has 1 heterocycles. The Bertz CT molecular complexity index is 1310. The molecule has 158 valence electrons. The molecule has 0 unspecified atom stereocenters. The summed E-state index contributed by atoms with van der Waals surface area (Å²) >= 11 is 0. The summed E-state index contributed by atoms with van der Waals surface area (Å²) in [6.07, 6.45) is 3.04. The summed E-state index contributed by atoms with van der Waals surface area (Å²) in [5, 5.41) is 2.90. The number of hydrogen-bond acceptors (Lipinski definition) is 4. The summed E-state index contributed by atoms with van der Waals surface area (Å²) < 4.78 is 24.8. The van der Waals surface area contributed by atoms with Gasteiger partial charge in [0.15, 0.2) is 9.84 Å². The van der Waals surface area contributed by atoms with Gasteiger partial charge in [-0.3, -0.25) is 4.79 Å². The minimum atomic E-state index is -3.09. The van der Waals surface area contributed by atoms with Crippen molar-refractivity contribution in [2.45, 2.75) is 18.8 Å². The van der Waals surface area contributed by atoms with Crippen LogP contribution in [0.15, 0.2) is 79.1 Å². The van der Waals surface area contributed by atoms with E-state index in [0.717, 1.165) is 28.7 Å². The van der Waals surface area contributed by atoms with Crippen LogP contribution in [0.25, 0.3) is 11.0 Å². The van der Waals surface area contributed by atoms with E-state index < -0.39 is 9.84 Å². The van der Waals surface area contributed by atoms with Crippen LogP contribution < -0.4 is 5.32 Å². The van der Waals surface area contributed by atoms with Crippen molar-refractivity contribution in [1.82, 2.24) is 14.9 Å². The third-order valence-corrected chi connectivity index (χ3v) is 5.86. The Hall–Kier alpha value is -3.45. The molecule has 0 fully saturated rings. The Labute approximate surface area is 181 Å². The summed E-state index contributed by atoms with van der Waals surface area (Å²) in [6, 6.07) is 22.8. The molecule has 0 atom stereocenters. The number of aromatic nitrogens is 2. The highest BCUT2D eigenvalue weighted by molar-refractivity contribution is 7.89. The maximum Gasteiger partial charge on any atom is 0.251 e. The topological polar surface area (TPSA) is 81.1 Å². The normalized spacial score (nSPS) is 11.5. The van der Waals surface area contributed by atoms with Crippen molar-refractivity contribution in [2.75, 3.05) is 6.26 Å². The number of imidazole rings is 1. The molecule has 0 radical (unpaired) electrons. The number of sulfone groups is 1. The van der Waals surface area contributed by atoms with Crippen molar-refractivity contribution in [2.24, 2.45) is 0 Å². The molecule has 1 N–H and O–H groups in total. The Morgan fingerprint density at radius 2 is 1.55 bits per heavy atom. The Morgan fingerprint density at radius 1 is 0.903 bits per heavy atom. The summed E-state index contributed by atoms with van der Waals surface area (Å²) in [6.45, 7) is 1.14. The molecule has 0 saturated carbocycles. The molecule has 0 aliphatic heterocycles. The van der Waals surface area contributed by atoms with Gasteiger partial charge >= 0.3 is 0 Å². The average Bonchev–Trinajstić information content (AvgIpc) is 3.15. The lowest BCUT2D eigenvalue weighted by Crippen LogP contribution is -2.22. The second kappa shape index (κ2) is 8.73. The summed E-state index contributed by atoms with van der Waals surface area (Å²) in [4.78, 5) is 16.8. The minimum Gasteiger partial charge on any atom is -0.348 e. The number of hydrogen-bond donors (Lipinski definition) is 1. The smallest absolute Gasteiger partial charge is 0.251 e. The lowest BCUT2D eigenvalue weighted by Gasteiger charge is -2.08. The number of nitrogens with zero attached hydrogens (tertiary/aromatic N) is 2. The number of fused-ring (bicyclic) bond motifs is 1. The molecule has 7 heteroatoms.